The van der Waals surface area contributed by atoms with Gasteiger partial charge < -0.3 is 33.8 Å². The van der Waals surface area contributed by atoms with Gasteiger partial charge in [0.15, 0.2) is 0 Å². The first kappa shape index (κ1) is 31.4. The van der Waals surface area contributed by atoms with Crippen molar-refractivity contribution in [2.24, 2.45) is 16.7 Å². The predicted molar refractivity (Wildman–Crippen MR) is 118 cm³/mol. The topological polar surface area (TPSA) is 9.23 Å². The largest absolute Gasteiger partial charge is 2.00 e. The molecule has 4 bridgehead atoms. The van der Waals surface area contributed by atoms with Crippen molar-refractivity contribution in [3.63, 3.8) is 0 Å². The van der Waals surface area contributed by atoms with Gasteiger partial charge in [-0.2, -0.15) is 18.2 Å². The summed E-state index contributed by atoms with van der Waals surface area (Å²) < 4.78 is 6.86. The van der Waals surface area contributed by atoms with Crippen LogP contribution in [0.4, 0.5) is 0 Å². The summed E-state index contributed by atoms with van der Waals surface area (Å²) in [6.07, 6.45) is 8.39. The van der Waals surface area contributed by atoms with E-state index in [0.717, 1.165) is 11.7 Å². The van der Waals surface area contributed by atoms with Gasteiger partial charge in [-0.05, 0) is 84.6 Å². The van der Waals surface area contributed by atoms with Crippen LogP contribution in [-0.4, -0.2) is 31.4 Å². The molecule has 6 heteroatoms. The van der Waals surface area contributed by atoms with Gasteiger partial charge in [0.25, 0.3) is 0 Å². The van der Waals surface area contributed by atoms with E-state index in [0.29, 0.717) is 16.2 Å². The average Bonchev–Trinajstić information content (AvgIpc) is 2.42. The molecule has 2 unspecified atom stereocenters. The molecule has 4 saturated carbocycles. The molecule has 4 fully saturated rings. The quantitative estimate of drug-likeness (QED) is 0.326. The van der Waals surface area contributed by atoms with Gasteiger partial charge in [-0.3, -0.25) is 0 Å². The van der Waals surface area contributed by atoms with Gasteiger partial charge in [0.2, 0.25) is 8.32 Å². The van der Waals surface area contributed by atoms with Gasteiger partial charge in [-0.1, -0.05) is 34.6 Å². The van der Waals surface area contributed by atoms with Gasteiger partial charge in [-0.15, -0.1) is 11.6 Å². The Kier molecular flexibility index (Phi) is 10.4. The molecule has 0 radical (unpaired) electrons. The van der Waals surface area contributed by atoms with E-state index < -0.39 is 8.32 Å². The second kappa shape index (κ2) is 9.93. The smallest absolute Gasteiger partial charge is 1.00 e. The molecule has 0 spiro atoms. The van der Waals surface area contributed by atoms with Gasteiger partial charge in [0.05, 0.1) is 0 Å². The minimum atomic E-state index is -1.85. The van der Waals surface area contributed by atoms with Gasteiger partial charge in [0.1, 0.15) is 0 Å². The summed E-state index contributed by atoms with van der Waals surface area (Å²) in [6.45, 7) is 16.9. The van der Waals surface area contributed by atoms with Crippen molar-refractivity contribution in [2.75, 3.05) is 0 Å². The van der Waals surface area contributed by atoms with E-state index >= 15 is 0 Å². The van der Waals surface area contributed by atoms with Crippen molar-refractivity contribution in [2.45, 2.75) is 96.7 Å². The van der Waals surface area contributed by atoms with Crippen molar-refractivity contribution in [1.82, 2.24) is 0 Å². The van der Waals surface area contributed by atoms with E-state index in [1.54, 1.807) is 0 Å². The summed E-state index contributed by atoms with van der Waals surface area (Å²) in [7, 11) is -1.85. The average molecular weight is 516 g/mol. The van der Waals surface area contributed by atoms with Crippen molar-refractivity contribution in [1.29, 1.82) is 0 Å². The van der Waals surface area contributed by atoms with Gasteiger partial charge >= 0.3 is 41.9 Å². The zero-order chi connectivity index (χ0) is 19.0. The van der Waals surface area contributed by atoms with E-state index in [1.165, 1.54) is 44.1 Å². The Bertz CT molecular complexity index is 720. The van der Waals surface area contributed by atoms with Crippen LogP contribution in [0.15, 0.2) is 18.2 Å². The Morgan fingerprint density at radius 2 is 1.57 bits per heavy atom. The van der Waals surface area contributed by atoms with Crippen LogP contribution < -0.4 is 52.7 Å². The summed E-state index contributed by atoms with van der Waals surface area (Å²) in [5.74, 6) is 2.05. The summed E-state index contributed by atoms with van der Waals surface area (Å²) in [5.41, 5.74) is 2.89. The maximum Gasteiger partial charge on any atom is 2.00 e. The molecular weight excluding hydrogens is 479 g/mol. The number of hydrogen-bond acceptors (Lipinski definition) is 1. The number of benzene rings is 1. The molecular formula is C24H37BrClLiMgOSi. The first-order valence-electron chi connectivity index (χ1n) is 10.6. The second-order valence-corrected chi connectivity index (χ2v) is 16.9. The Balaban J connectivity index is 0.00000210. The molecule has 4 aliphatic carbocycles. The molecule has 2 atom stereocenters. The number of halogens is 2. The molecule has 4 aliphatic rings. The molecule has 1 aromatic rings. The summed E-state index contributed by atoms with van der Waals surface area (Å²) in [6, 6.07) is 9.93. The minimum absolute atomic E-state index is 0. The van der Waals surface area contributed by atoms with Crippen molar-refractivity contribution >= 4 is 31.4 Å². The van der Waals surface area contributed by atoms with Crippen LogP contribution >= 0.6 is 0 Å². The predicted octanol–water partition coefficient (Wildman–Crippen LogP) is -2.25. The summed E-state index contributed by atoms with van der Waals surface area (Å²) >= 11 is 0. The normalized spacial score (nSPS) is 34.0. The molecule has 1 nitrogen and oxygen atoms in total. The van der Waals surface area contributed by atoms with Crippen LogP contribution in [0.1, 0.15) is 78.7 Å². The SMILES string of the molecule is CC12CC3CC(C)(C1)CC(c1cc[c-]cc1O[Si](C)(C)C(C)(C)C)(C3)C2.[Br-].[Cl-].[Li+].[Mg+2]. The van der Waals surface area contributed by atoms with Crippen LogP contribution in [0.25, 0.3) is 0 Å². The van der Waals surface area contributed by atoms with Crippen LogP contribution in [0.3, 0.4) is 0 Å². The fourth-order valence-corrected chi connectivity index (χ4v) is 8.14. The second-order valence-electron chi connectivity index (χ2n) is 12.2. The van der Waals surface area contributed by atoms with Gasteiger partial charge in [0, 0.05) is 0 Å². The van der Waals surface area contributed by atoms with E-state index in [1.807, 2.05) is 0 Å². The maximum atomic E-state index is 6.86. The molecule has 0 aliphatic heterocycles. The third-order valence-electron chi connectivity index (χ3n) is 8.20. The van der Waals surface area contributed by atoms with Crippen molar-refractivity contribution in [3.8, 4) is 5.75 Å². The molecule has 0 saturated heterocycles. The molecule has 160 valence electrons. The molecule has 30 heavy (non-hydrogen) atoms. The zero-order valence-corrected chi connectivity index (χ0v) is 25.2. The molecule has 5 rings (SSSR count). The molecule has 1 aromatic carbocycles. The van der Waals surface area contributed by atoms with Gasteiger partial charge in [-0.25, -0.2) is 0 Å². The Morgan fingerprint density at radius 1 is 1.03 bits per heavy atom. The third-order valence-corrected chi connectivity index (χ3v) is 12.5. The standard InChI is InChI=1S/C24H37OSi.BrH.ClH.Li.Mg/c1-21(2,3)26(6,7)25-20-11-9-8-10-19(20)24-14-18-12-22(4,16-24)15-23(5,13-18)17-24;;;;/h8,10-11,18H,12-17H2,1-7H3;2*1H;;/q-1;;;+1;+2/p-2. The number of rotatable bonds is 3. The van der Waals surface area contributed by atoms with E-state index in [-0.39, 0.29) is 76.3 Å². The van der Waals surface area contributed by atoms with E-state index in [4.69, 9.17) is 4.43 Å². The van der Waals surface area contributed by atoms with E-state index in [2.05, 4.69) is 72.0 Å². The Morgan fingerprint density at radius 3 is 2.03 bits per heavy atom. The monoisotopic (exact) mass is 514 g/mol. The maximum absolute atomic E-state index is 6.86. The fourth-order valence-electron chi connectivity index (χ4n) is 7.11. The first-order chi connectivity index (χ1) is 11.9. The zero-order valence-electron chi connectivity index (χ0n) is 20.4. The van der Waals surface area contributed by atoms with Crippen LogP contribution in [0.2, 0.25) is 18.1 Å². The van der Waals surface area contributed by atoms with Crippen molar-refractivity contribution < 1.29 is 52.7 Å². The molecule has 0 heterocycles. The van der Waals surface area contributed by atoms with Crippen molar-refractivity contribution in [3.05, 3.63) is 29.8 Å². The number of hydrogen-bond donors (Lipinski definition) is 0. The summed E-state index contributed by atoms with van der Waals surface area (Å²) in [4.78, 5) is 0. The van der Waals surface area contributed by atoms with Crippen LogP contribution in [0.5, 0.6) is 5.75 Å². The molecule has 0 amide bonds. The fraction of sp³-hybridized carbons (Fsp3) is 0.750. The third kappa shape index (κ3) is 5.53. The summed E-state index contributed by atoms with van der Waals surface area (Å²) in [5, 5.41) is 0.222. The Labute approximate surface area is 231 Å². The van der Waals surface area contributed by atoms with Crippen LogP contribution in [0, 0.1) is 22.8 Å². The van der Waals surface area contributed by atoms with Crippen LogP contribution in [-0.2, 0) is 5.41 Å². The Hall–Kier alpha value is 1.37. The first-order valence-corrected chi connectivity index (χ1v) is 13.5. The molecule has 0 aromatic heterocycles. The molecule has 0 N–H and O–H groups in total. The van der Waals surface area contributed by atoms with E-state index in [9.17, 15) is 0 Å². The minimum Gasteiger partial charge on any atom is -1.00 e.